The number of methoxy groups -OCH3 is 2. The Morgan fingerprint density at radius 2 is 1.91 bits per heavy atom. The number of ether oxygens (including phenoxy) is 4. The van der Waals surface area contributed by atoms with Gasteiger partial charge in [-0.05, 0) is 38.1 Å². The number of rotatable bonds is 6. The van der Waals surface area contributed by atoms with Crippen LogP contribution in [0.1, 0.15) is 50.7 Å². The second kappa shape index (κ2) is 9.18. The van der Waals surface area contributed by atoms with Crippen LogP contribution in [0.5, 0.6) is 11.5 Å². The lowest BCUT2D eigenvalue weighted by Gasteiger charge is -2.58. The van der Waals surface area contributed by atoms with Crippen LogP contribution in [0.4, 0.5) is 0 Å². The zero-order chi connectivity index (χ0) is 23.9. The molecule has 0 spiro atoms. The first-order chi connectivity index (χ1) is 15.8. The molecule has 7 nitrogen and oxygen atoms in total. The van der Waals surface area contributed by atoms with Gasteiger partial charge in [0.25, 0.3) is 0 Å². The van der Waals surface area contributed by atoms with Crippen molar-refractivity contribution in [2.75, 3.05) is 27.8 Å². The van der Waals surface area contributed by atoms with E-state index in [1.165, 1.54) is 0 Å². The van der Waals surface area contributed by atoms with Crippen LogP contribution in [0, 0.1) is 5.92 Å². The standard InChI is InChI=1S/C25H32ClNO6/c1-6-21(28)32-20-13-25-8-9-27(3)17(15(25)11-18(20)30-4)10-14-16(26)12-19(31-5)24(23(14)25)33-22(29)7-2/h11-12,15,17,20H,6-10,13H2,1-5H3/t15-,17+,20?,25+/m0/s1. The van der Waals surface area contributed by atoms with Crippen LogP contribution in [0.2, 0.25) is 5.02 Å². The minimum absolute atomic E-state index is 0.0810. The van der Waals surface area contributed by atoms with E-state index in [0.29, 0.717) is 35.1 Å². The molecule has 3 aliphatic rings. The highest BCUT2D eigenvalue weighted by Crippen LogP contribution is 2.60. The van der Waals surface area contributed by atoms with E-state index >= 15 is 0 Å². The molecule has 0 amide bonds. The van der Waals surface area contributed by atoms with E-state index in [0.717, 1.165) is 24.1 Å². The number of carbonyl (C=O) groups is 2. The van der Waals surface area contributed by atoms with Crippen LogP contribution in [0.15, 0.2) is 17.9 Å². The van der Waals surface area contributed by atoms with Gasteiger partial charge in [-0.15, -0.1) is 0 Å². The zero-order valence-electron chi connectivity index (χ0n) is 19.9. The first-order valence-corrected chi connectivity index (χ1v) is 11.9. The normalized spacial score (nSPS) is 28.2. The quantitative estimate of drug-likeness (QED) is 0.452. The molecule has 2 bridgehead atoms. The highest BCUT2D eigenvalue weighted by Gasteiger charge is 2.58. The molecule has 1 aliphatic heterocycles. The van der Waals surface area contributed by atoms with Crippen LogP contribution in [-0.4, -0.2) is 56.8 Å². The van der Waals surface area contributed by atoms with Gasteiger partial charge in [0.05, 0.1) is 14.2 Å². The summed E-state index contributed by atoms with van der Waals surface area (Å²) in [5.41, 5.74) is 1.44. The lowest BCUT2D eigenvalue weighted by Crippen LogP contribution is -2.61. The molecule has 2 aliphatic carbocycles. The number of esters is 2. The van der Waals surface area contributed by atoms with Crippen LogP contribution in [0.3, 0.4) is 0 Å². The summed E-state index contributed by atoms with van der Waals surface area (Å²) in [4.78, 5) is 27.0. The third kappa shape index (κ3) is 3.89. The molecular formula is C25H32ClNO6. The fourth-order valence-corrected chi connectivity index (χ4v) is 6.09. The molecule has 1 fully saturated rings. The maximum absolute atomic E-state index is 12.4. The van der Waals surface area contributed by atoms with E-state index in [9.17, 15) is 9.59 Å². The third-order valence-electron chi connectivity index (χ3n) is 7.47. The molecule has 1 unspecified atom stereocenters. The average Bonchev–Trinajstić information content (AvgIpc) is 2.81. The van der Waals surface area contributed by atoms with E-state index in [-0.39, 0.29) is 36.7 Å². The largest absolute Gasteiger partial charge is 0.497 e. The van der Waals surface area contributed by atoms with Crippen molar-refractivity contribution in [3.05, 3.63) is 34.1 Å². The molecule has 1 saturated heterocycles. The third-order valence-corrected chi connectivity index (χ3v) is 7.81. The lowest BCUT2D eigenvalue weighted by atomic mass is 9.53. The minimum atomic E-state index is -0.520. The van der Waals surface area contributed by atoms with Crippen molar-refractivity contribution in [1.29, 1.82) is 0 Å². The summed E-state index contributed by atoms with van der Waals surface area (Å²) >= 11 is 6.79. The first-order valence-electron chi connectivity index (χ1n) is 11.6. The van der Waals surface area contributed by atoms with Gasteiger partial charge in [-0.1, -0.05) is 25.4 Å². The van der Waals surface area contributed by atoms with Crippen molar-refractivity contribution in [3.63, 3.8) is 0 Å². The smallest absolute Gasteiger partial charge is 0.311 e. The fourth-order valence-electron chi connectivity index (χ4n) is 5.81. The summed E-state index contributed by atoms with van der Waals surface area (Å²) in [7, 11) is 5.28. The van der Waals surface area contributed by atoms with Crippen molar-refractivity contribution >= 4 is 23.5 Å². The Labute approximate surface area is 199 Å². The summed E-state index contributed by atoms with van der Waals surface area (Å²) in [6.45, 7) is 4.40. The summed E-state index contributed by atoms with van der Waals surface area (Å²) in [6, 6.07) is 1.93. The van der Waals surface area contributed by atoms with Gasteiger partial charge in [-0.2, -0.15) is 0 Å². The average molecular weight is 478 g/mol. The van der Waals surface area contributed by atoms with E-state index < -0.39 is 11.5 Å². The number of likely N-dealkylation sites (N-methyl/N-ethyl adjacent to an activating group) is 1. The predicted octanol–water partition coefficient (Wildman–Crippen LogP) is 4.03. The molecule has 8 heteroatoms. The number of hydrogen-bond acceptors (Lipinski definition) is 7. The second-order valence-electron chi connectivity index (χ2n) is 9.06. The van der Waals surface area contributed by atoms with Crippen molar-refractivity contribution in [2.45, 2.75) is 63.5 Å². The Morgan fingerprint density at radius 3 is 2.55 bits per heavy atom. The van der Waals surface area contributed by atoms with Gasteiger partial charge in [0.1, 0.15) is 5.76 Å². The maximum Gasteiger partial charge on any atom is 0.311 e. The number of hydrogen-bond donors (Lipinski definition) is 0. The number of halogens is 1. The topological polar surface area (TPSA) is 74.3 Å². The Morgan fingerprint density at radius 1 is 1.18 bits per heavy atom. The van der Waals surface area contributed by atoms with Crippen LogP contribution < -0.4 is 9.47 Å². The molecule has 0 radical (unpaired) electrons. The Balaban J connectivity index is 1.96. The molecule has 1 aromatic rings. The molecule has 33 heavy (non-hydrogen) atoms. The molecule has 1 aromatic carbocycles. The van der Waals surface area contributed by atoms with E-state index in [1.807, 2.05) is 0 Å². The van der Waals surface area contributed by atoms with E-state index in [4.69, 9.17) is 30.5 Å². The zero-order valence-corrected chi connectivity index (χ0v) is 20.7. The predicted molar refractivity (Wildman–Crippen MR) is 124 cm³/mol. The van der Waals surface area contributed by atoms with Gasteiger partial charge in [-0.25, -0.2) is 0 Å². The Bertz CT molecular complexity index is 992. The lowest BCUT2D eigenvalue weighted by molar-refractivity contribution is -0.151. The maximum atomic E-state index is 12.4. The van der Waals surface area contributed by atoms with Gasteiger partial charge < -0.3 is 23.8 Å². The Hall–Kier alpha value is -2.25. The summed E-state index contributed by atoms with van der Waals surface area (Å²) < 4.78 is 23.0. The van der Waals surface area contributed by atoms with Crippen molar-refractivity contribution in [3.8, 4) is 11.5 Å². The second-order valence-corrected chi connectivity index (χ2v) is 9.47. The van der Waals surface area contributed by atoms with Crippen molar-refractivity contribution < 1.29 is 28.5 Å². The SMILES string of the molecule is CCC(=O)Oc1c(OC)cc(Cl)c2c1[C@@]13CCN(C)[C@H](C2)[C@@H]1C=C(OC)C(OC(=O)CC)C3. The summed E-state index contributed by atoms with van der Waals surface area (Å²) in [5.74, 6) is 1.01. The van der Waals surface area contributed by atoms with Gasteiger partial charge >= 0.3 is 11.9 Å². The summed E-state index contributed by atoms with van der Waals surface area (Å²) in [6.07, 6.45) is 4.15. The fraction of sp³-hybridized carbons (Fsp3) is 0.600. The van der Waals surface area contributed by atoms with E-state index in [1.54, 1.807) is 34.1 Å². The number of nitrogens with zero attached hydrogens (tertiary/aromatic N) is 1. The molecule has 0 saturated carbocycles. The molecule has 1 heterocycles. The van der Waals surface area contributed by atoms with Gasteiger partial charge in [0, 0.05) is 53.3 Å². The van der Waals surface area contributed by atoms with Crippen LogP contribution >= 0.6 is 11.6 Å². The highest BCUT2D eigenvalue weighted by molar-refractivity contribution is 6.31. The van der Waals surface area contributed by atoms with Gasteiger partial charge in [-0.3, -0.25) is 9.59 Å². The number of piperidine rings is 1. The highest BCUT2D eigenvalue weighted by atomic mass is 35.5. The number of likely N-dealkylation sites (tertiary alicyclic amines) is 1. The van der Waals surface area contributed by atoms with Crippen molar-refractivity contribution in [1.82, 2.24) is 4.90 Å². The molecule has 0 N–H and O–H groups in total. The minimum Gasteiger partial charge on any atom is -0.497 e. The van der Waals surface area contributed by atoms with Gasteiger partial charge in [0.15, 0.2) is 17.6 Å². The number of carbonyl (C=O) groups excluding carboxylic acids is 2. The number of fused-ring (bicyclic) bond motifs is 1. The molecule has 180 valence electrons. The monoisotopic (exact) mass is 477 g/mol. The first kappa shape index (κ1) is 23.9. The molecule has 0 aromatic heterocycles. The number of benzene rings is 1. The van der Waals surface area contributed by atoms with E-state index in [2.05, 4.69) is 18.0 Å². The molecular weight excluding hydrogens is 446 g/mol. The summed E-state index contributed by atoms with van der Waals surface area (Å²) in [5, 5.41) is 0.597. The Kier molecular flexibility index (Phi) is 6.65. The van der Waals surface area contributed by atoms with Crippen molar-refractivity contribution in [2.24, 2.45) is 5.92 Å². The van der Waals surface area contributed by atoms with Crippen LogP contribution in [0.25, 0.3) is 0 Å². The van der Waals surface area contributed by atoms with Gasteiger partial charge in [0.2, 0.25) is 0 Å². The molecule has 4 atom stereocenters. The molecule has 4 rings (SSSR count). The van der Waals surface area contributed by atoms with Crippen LogP contribution in [-0.2, 0) is 30.9 Å².